The molecule has 1 aromatic heterocycles. The van der Waals surface area contributed by atoms with Crippen molar-refractivity contribution >= 4 is 46.8 Å². The highest BCUT2D eigenvalue weighted by Gasteiger charge is 2.20. The van der Waals surface area contributed by atoms with E-state index in [4.69, 9.17) is 16.7 Å². The molecule has 34 heavy (non-hydrogen) atoms. The van der Waals surface area contributed by atoms with Gasteiger partial charge in [0.1, 0.15) is 11.5 Å². The molecule has 0 unspecified atom stereocenters. The number of amides is 4. The first-order valence-corrected chi connectivity index (χ1v) is 10.1. The van der Waals surface area contributed by atoms with E-state index in [0.717, 1.165) is 12.1 Å². The molecule has 6 N–H and O–H groups in total. The van der Waals surface area contributed by atoms with Gasteiger partial charge >= 0.3 is 6.09 Å². The fourth-order valence-electron chi connectivity index (χ4n) is 2.77. The summed E-state index contributed by atoms with van der Waals surface area (Å²) in [6.07, 6.45) is -0.0425. The summed E-state index contributed by atoms with van der Waals surface area (Å²) in [7, 11) is 0. The highest BCUT2D eigenvalue weighted by atomic mass is 35.5. The van der Waals surface area contributed by atoms with Gasteiger partial charge in [0, 0.05) is 24.5 Å². The Morgan fingerprint density at radius 3 is 2.15 bits per heavy atom. The Hall–Kier alpha value is -4.45. The van der Waals surface area contributed by atoms with Crippen molar-refractivity contribution in [3.63, 3.8) is 0 Å². The van der Waals surface area contributed by atoms with Crippen LogP contribution in [0.3, 0.4) is 0 Å². The van der Waals surface area contributed by atoms with Gasteiger partial charge in [-0.1, -0.05) is 11.6 Å². The number of anilines is 2. The minimum absolute atomic E-state index is 0.00695. The summed E-state index contributed by atoms with van der Waals surface area (Å²) in [5.41, 5.74) is 0.615. The van der Waals surface area contributed by atoms with Gasteiger partial charge in [0.15, 0.2) is 5.69 Å². The highest BCUT2D eigenvalue weighted by molar-refractivity contribution is 6.34. The maximum Gasteiger partial charge on any atom is 0.404 e. The van der Waals surface area contributed by atoms with Gasteiger partial charge in [0.25, 0.3) is 17.7 Å². The van der Waals surface area contributed by atoms with Gasteiger partial charge in [-0.05, 0) is 42.5 Å². The van der Waals surface area contributed by atoms with Crippen LogP contribution in [0.15, 0.2) is 48.8 Å². The van der Waals surface area contributed by atoms with Gasteiger partial charge in [0.05, 0.1) is 16.9 Å². The molecule has 0 fully saturated rings. The SMILES string of the molecule is O=C(O)NCCNC(=O)c1[nH]cnc1C(=O)Nc1ccc(NC(=O)c2ccc(F)cc2Cl)cc1. The third-order valence-corrected chi connectivity index (χ3v) is 4.66. The first-order valence-electron chi connectivity index (χ1n) is 9.71. The summed E-state index contributed by atoms with van der Waals surface area (Å²) >= 11 is 5.89. The van der Waals surface area contributed by atoms with Crippen LogP contribution in [0.25, 0.3) is 0 Å². The molecular weight excluding hydrogens is 471 g/mol. The van der Waals surface area contributed by atoms with Crippen molar-refractivity contribution < 1.29 is 28.7 Å². The average Bonchev–Trinajstić information content (AvgIpc) is 3.28. The summed E-state index contributed by atoms with van der Waals surface area (Å²) < 4.78 is 13.2. The molecular formula is C21H18ClFN6O5. The number of carbonyl (C=O) groups excluding carboxylic acids is 3. The van der Waals surface area contributed by atoms with E-state index in [1.54, 1.807) is 0 Å². The summed E-state index contributed by atoms with van der Waals surface area (Å²) in [5.74, 6) is -2.39. The third-order valence-electron chi connectivity index (χ3n) is 4.34. The molecule has 1 heterocycles. The Morgan fingerprint density at radius 2 is 1.53 bits per heavy atom. The number of hydrogen-bond acceptors (Lipinski definition) is 5. The maximum atomic E-state index is 13.2. The van der Waals surface area contributed by atoms with Crippen LogP contribution in [0.2, 0.25) is 5.02 Å². The number of nitrogens with one attached hydrogen (secondary N) is 5. The van der Waals surface area contributed by atoms with Crippen LogP contribution in [0.1, 0.15) is 31.3 Å². The minimum Gasteiger partial charge on any atom is -0.465 e. The van der Waals surface area contributed by atoms with E-state index in [1.165, 1.54) is 36.7 Å². The van der Waals surface area contributed by atoms with Crippen LogP contribution < -0.4 is 21.3 Å². The van der Waals surface area contributed by atoms with Crippen LogP contribution in [-0.4, -0.2) is 52.0 Å². The van der Waals surface area contributed by atoms with Gasteiger partial charge in [-0.3, -0.25) is 14.4 Å². The van der Waals surface area contributed by atoms with Crippen molar-refractivity contribution in [3.8, 4) is 0 Å². The molecule has 13 heteroatoms. The zero-order chi connectivity index (χ0) is 24.7. The van der Waals surface area contributed by atoms with Gasteiger partial charge in [-0.15, -0.1) is 0 Å². The van der Waals surface area contributed by atoms with Crippen LogP contribution in [0.4, 0.5) is 20.6 Å². The normalized spacial score (nSPS) is 10.3. The fraction of sp³-hybridized carbons (Fsp3) is 0.0952. The molecule has 0 aliphatic heterocycles. The quantitative estimate of drug-likeness (QED) is 0.267. The third kappa shape index (κ3) is 6.29. The highest BCUT2D eigenvalue weighted by Crippen LogP contribution is 2.20. The lowest BCUT2D eigenvalue weighted by molar-refractivity contribution is 0.0935. The number of halogens is 2. The van der Waals surface area contributed by atoms with Gasteiger partial charge in [-0.25, -0.2) is 14.2 Å². The predicted molar refractivity (Wildman–Crippen MR) is 121 cm³/mol. The molecule has 0 bridgehead atoms. The molecule has 176 valence electrons. The van der Waals surface area contributed by atoms with Crippen molar-refractivity contribution in [2.45, 2.75) is 0 Å². The maximum absolute atomic E-state index is 13.2. The van der Waals surface area contributed by atoms with Crippen LogP contribution in [-0.2, 0) is 0 Å². The monoisotopic (exact) mass is 488 g/mol. The molecule has 2 aromatic carbocycles. The number of benzene rings is 2. The molecule has 0 aliphatic rings. The van der Waals surface area contributed by atoms with E-state index < -0.39 is 29.6 Å². The minimum atomic E-state index is -1.22. The van der Waals surface area contributed by atoms with Crippen LogP contribution in [0.5, 0.6) is 0 Å². The molecule has 0 aliphatic carbocycles. The molecule has 4 amide bonds. The molecule has 0 spiro atoms. The number of nitrogens with zero attached hydrogens (tertiary/aromatic N) is 1. The predicted octanol–water partition coefficient (Wildman–Crippen LogP) is 2.70. The second kappa shape index (κ2) is 10.9. The number of aromatic nitrogens is 2. The van der Waals surface area contributed by atoms with E-state index in [-0.39, 0.29) is 35.1 Å². The fourth-order valence-corrected chi connectivity index (χ4v) is 3.03. The largest absolute Gasteiger partial charge is 0.465 e. The molecule has 0 saturated carbocycles. The molecule has 0 saturated heterocycles. The van der Waals surface area contributed by atoms with Crippen molar-refractivity contribution in [2.75, 3.05) is 23.7 Å². The average molecular weight is 489 g/mol. The number of rotatable bonds is 8. The molecule has 0 radical (unpaired) electrons. The van der Waals surface area contributed by atoms with E-state index in [9.17, 15) is 23.6 Å². The number of imidazole rings is 1. The number of hydrogen-bond donors (Lipinski definition) is 6. The lowest BCUT2D eigenvalue weighted by atomic mass is 10.2. The first kappa shape index (κ1) is 24.2. The lowest BCUT2D eigenvalue weighted by Gasteiger charge is -2.09. The van der Waals surface area contributed by atoms with Gasteiger partial charge in [0.2, 0.25) is 0 Å². The van der Waals surface area contributed by atoms with Crippen molar-refractivity contribution in [3.05, 3.63) is 76.6 Å². The Balaban J connectivity index is 1.59. The summed E-state index contributed by atoms with van der Waals surface area (Å²) in [5, 5.41) is 18.2. The lowest BCUT2D eigenvalue weighted by Crippen LogP contribution is -2.34. The van der Waals surface area contributed by atoms with Crippen molar-refractivity contribution in [1.29, 1.82) is 0 Å². The Morgan fingerprint density at radius 1 is 0.912 bits per heavy atom. The van der Waals surface area contributed by atoms with Crippen LogP contribution >= 0.6 is 11.6 Å². The van der Waals surface area contributed by atoms with E-state index >= 15 is 0 Å². The summed E-state index contributed by atoms with van der Waals surface area (Å²) in [6.45, 7) is 0.00845. The van der Waals surface area contributed by atoms with Gasteiger partial charge in [-0.2, -0.15) is 0 Å². The second-order valence-corrected chi connectivity index (χ2v) is 7.13. The smallest absolute Gasteiger partial charge is 0.404 e. The topological polar surface area (TPSA) is 165 Å². The van der Waals surface area contributed by atoms with E-state index in [2.05, 4.69) is 31.2 Å². The van der Waals surface area contributed by atoms with Gasteiger partial charge < -0.3 is 31.4 Å². The Kier molecular flexibility index (Phi) is 7.77. The molecule has 3 rings (SSSR count). The zero-order valence-corrected chi connectivity index (χ0v) is 18.1. The van der Waals surface area contributed by atoms with Crippen LogP contribution in [0, 0.1) is 5.82 Å². The molecule has 0 atom stereocenters. The summed E-state index contributed by atoms with van der Waals surface area (Å²) in [4.78, 5) is 54.0. The summed E-state index contributed by atoms with van der Waals surface area (Å²) in [6, 6.07) is 9.51. The standard InChI is InChI=1S/C21H18ClFN6O5/c22-15-9-11(23)1-6-14(15)18(30)28-12-2-4-13(5-3-12)29-20(32)17-16(26-10-27-17)19(31)24-7-8-25-21(33)34/h1-6,9-10,25H,7-8H2,(H,24,31)(H,26,27)(H,28,30)(H,29,32)(H,33,34). The zero-order valence-electron chi connectivity index (χ0n) is 17.3. The Bertz CT molecular complexity index is 1230. The molecule has 11 nitrogen and oxygen atoms in total. The number of carboxylic acid groups (broad SMARTS) is 1. The van der Waals surface area contributed by atoms with E-state index in [0.29, 0.717) is 11.4 Å². The second-order valence-electron chi connectivity index (χ2n) is 6.72. The van der Waals surface area contributed by atoms with Crippen molar-refractivity contribution in [1.82, 2.24) is 20.6 Å². The number of carbonyl (C=O) groups is 4. The Labute approximate surface area is 196 Å². The molecule has 3 aromatic rings. The van der Waals surface area contributed by atoms with Crippen molar-refractivity contribution in [2.24, 2.45) is 0 Å². The first-order chi connectivity index (χ1) is 16.2. The number of H-pyrrole nitrogens is 1. The van der Waals surface area contributed by atoms with E-state index in [1.807, 2.05) is 0 Å². The number of aromatic amines is 1.